The van der Waals surface area contributed by atoms with Crippen LogP contribution < -0.4 is 4.74 Å². The Morgan fingerprint density at radius 3 is 2.84 bits per heavy atom. The minimum atomic E-state index is 0.441. The molecule has 0 N–H and O–H groups in total. The lowest BCUT2D eigenvalue weighted by Gasteiger charge is -2.03. The van der Waals surface area contributed by atoms with Gasteiger partial charge in [0.15, 0.2) is 0 Å². The zero-order valence-corrected chi connectivity index (χ0v) is 11.7. The molecule has 0 saturated heterocycles. The van der Waals surface area contributed by atoms with E-state index in [9.17, 15) is 0 Å². The van der Waals surface area contributed by atoms with Crippen molar-refractivity contribution in [3.05, 3.63) is 60.3 Å². The number of aromatic nitrogens is 3. The van der Waals surface area contributed by atoms with Crippen molar-refractivity contribution in [3.8, 4) is 5.75 Å². The first kappa shape index (κ1) is 12.2. The molecule has 3 aromatic heterocycles. The van der Waals surface area contributed by atoms with Gasteiger partial charge in [-0.25, -0.2) is 4.98 Å². The Morgan fingerprint density at radius 2 is 2.11 bits per heavy atom. The minimum Gasteiger partial charge on any atom is -0.486 e. The molecule has 4 nitrogen and oxygen atoms in total. The van der Waals surface area contributed by atoms with E-state index in [1.54, 1.807) is 6.20 Å². The van der Waals surface area contributed by atoms with E-state index in [1.165, 1.54) is 0 Å². The number of rotatable bonds is 4. The molecule has 3 rings (SSSR count). The second kappa shape index (κ2) is 5.40. The molecule has 0 aromatic carbocycles. The fourth-order valence-corrected chi connectivity index (χ4v) is 2.12. The van der Waals surface area contributed by atoms with Gasteiger partial charge in [0, 0.05) is 17.7 Å². The van der Waals surface area contributed by atoms with Gasteiger partial charge in [0.25, 0.3) is 0 Å². The van der Waals surface area contributed by atoms with Gasteiger partial charge in [0.2, 0.25) is 0 Å². The lowest BCUT2D eigenvalue weighted by Crippen LogP contribution is -1.96. The average molecular weight is 318 g/mol. The van der Waals surface area contributed by atoms with E-state index in [4.69, 9.17) is 4.74 Å². The highest BCUT2D eigenvalue weighted by Gasteiger charge is 2.02. The Hall–Kier alpha value is -1.88. The summed E-state index contributed by atoms with van der Waals surface area (Å²) in [6, 6.07) is 9.76. The molecule has 0 spiro atoms. The summed E-state index contributed by atoms with van der Waals surface area (Å²) in [7, 11) is 0. The summed E-state index contributed by atoms with van der Waals surface area (Å²) in [6.07, 6.45) is 5.67. The van der Waals surface area contributed by atoms with Gasteiger partial charge in [-0.1, -0.05) is 22.0 Å². The topological polar surface area (TPSA) is 39.4 Å². The first-order valence-corrected chi connectivity index (χ1v) is 7.03. The third kappa shape index (κ3) is 2.76. The number of alkyl halides is 1. The second-order valence-corrected chi connectivity index (χ2v) is 4.67. The summed E-state index contributed by atoms with van der Waals surface area (Å²) in [5.74, 6) is 0.752. The second-order valence-electron chi connectivity index (χ2n) is 4.11. The predicted molar refractivity (Wildman–Crippen MR) is 76.4 cm³/mol. The SMILES string of the molecule is BrCc1ccc(OCc2cn3ccccc3n2)cn1. The Balaban J connectivity index is 1.70. The van der Waals surface area contributed by atoms with Crippen LogP contribution in [0.25, 0.3) is 5.65 Å². The van der Waals surface area contributed by atoms with Crippen molar-refractivity contribution in [1.29, 1.82) is 0 Å². The quantitative estimate of drug-likeness (QED) is 0.694. The van der Waals surface area contributed by atoms with E-state index in [0.29, 0.717) is 6.61 Å². The lowest BCUT2D eigenvalue weighted by atomic mass is 10.4. The van der Waals surface area contributed by atoms with Gasteiger partial charge >= 0.3 is 0 Å². The minimum absolute atomic E-state index is 0.441. The molecule has 0 saturated carbocycles. The van der Waals surface area contributed by atoms with Gasteiger partial charge < -0.3 is 9.14 Å². The summed E-state index contributed by atoms with van der Waals surface area (Å²) in [5.41, 5.74) is 2.81. The standard InChI is InChI=1S/C14H12BrN3O/c15-7-11-4-5-13(8-16-11)19-10-12-9-18-6-2-1-3-14(18)17-12/h1-6,8-9H,7,10H2. The third-order valence-corrected chi connectivity index (χ3v) is 3.31. The van der Waals surface area contributed by atoms with E-state index < -0.39 is 0 Å². The van der Waals surface area contributed by atoms with Gasteiger partial charge in [-0.2, -0.15) is 0 Å². The molecular weight excluding hydrogens is 306 g/mol. The van der Waals surface area contributed by atoms with Crippen molar-refractivity contribution >= 4 is 21.6 Å². The van der Waals surface area contributed by atoms with Crippen LogP contribution in [0.5, 0.6) is 5.75 Å². The molecule has 0 radical (unpaired) electrons. The molecule has 0 bridgehead atoms. The molecule has 96 valence electrons. The maximum atomic E-state index is 5.67. The maximum Gasteiger partial charge on any atom is 0.138 e. The van der Waals surface area contributed by atoms with E-state index in [2.05, 4.69) is 25.9 Å². The molecule has 0 aliphatic rings. The van der Waals surface area contributed by atoms with Crippen LogP contribution in [0.2, 0.25) is 0 Å². The highest BCUT2D eigenvalue weighted by molar-refractivity contribution is 9.08. The number of fused-ring (bicyclic) bond motifs is 1. The van der Waals surface area contributed by atoms with Crippen molar-refractivity contribution in [1.82, 2.24) is 14.4 Å². The van der Waals surface area contributed by atoms with Crippen molar-refractivity contribution in [2.45, 2.75) is 11.9 Å². The summed E-state index contributed by atoms with van der Waals surface area (Å²) < 4.78 is 7.64. The third-order valence-electron chi connectivity index (χ3n) is 2.74. The first-order valence-electron chi connectivity index (χ1n) is 5.91. The number of nitrogens with zero attached hydrogens (tertiary/aromatic N) is 3. The summed E-state index contributed by atoms with van der Waals surface area (Å²) >= 11 is 3.36. The molecule has 5 heteroatoms. The van der Waals surface area contributed by atoms with Crippen molar-refractivity contribution in [3.63, 3.8) is 0 Å². The van der Waals surface area contributed by atoms with E-state index >= 15 is 0 Å². The smallest absolute Gasteiger partial charge is 0.138 e. The molecule has 3 heterocycles. The van der Waals surface area contributed by atoms with E-state index in [1.807, 2.05) is 47.1 Å². The van der Waals surface area contributed by atoms with Crippen LogP contribution >= 0.6 is 15.9 Å². The number of imidazole rings is 1. The molecular formula is C14H12BrN3O. The average Bonchev–Trinajstić information content (AvgIpc) is 2.88. The Bertz CT molecular complexity index is 645. The molecule has 0 atom stereocenters. The number of hydrogen-bond acceptors (Lipinski definition) is 3. The highest BCUT2D eigenvalue weighted by atomic mass is 79.9. The first-order chi connectivity index (χ1) is 9.35. The highest BCUT2D eigenvalue weighted by Crippen LogP contribution is 2.13. The zero-order chi connectivity index (χ0) is 13.1. The fourth-order valence-electron chi connectivity index (χ4n) is 1.79. The lowest BCUT2D eigenvalue weighted by molar-refractivity contribution is 0.300. The van der Waals surface area contributed by atoms with Gasteiger partial charge in [0.1, 0.15) is 18.0 Å². The monoisotopic (exact) mass is 317 g/mol. The molecule has 3 aromatic rings. The van der Waals surface area contributed by atoms with Gasteiger partial charge in [0.05, 0.1) is 17.6 Å². The van der Waals surface area contributed by atoms with Gasteiger partial charge in [-0.3, -0.25) is 4.98 Å². The van der Waals surface area contributed by atoms with Crippen LogP contribution in [-0.2, 0) is 11.9 Å². The predicted octanol–water partition coefficient (Wildman–Crippen LogP) is 3.20. The van der Waals surface area contributed by atoms with Crippen LogP contribution in [0, 0.1) is 0 Å². The largest absolute Gasteiger partial charge is 0.486 e. The molecule has 0 unspecified atom stereocenters. The number of hydrogen-bond donors (Lipinski definition) is 0. The van der Waals surface area contributed by atoms with Crippen LogP contribution in [-0.4, -0.2) is 14.4 Å². The summed E-state index contributed by atoms with van der Waals surface area (Å²) in [4.78, 5) is 8.73. The van der Waals surface area contributed by atoms with Crippen molar-refractivity contribution in [2.75, 3.05) is 0 Å². The number of halogens is 1. The van der Waals surface area contributed by atoms with Gasteiger partial charge in [-0.05, 0) is 24.3 Å². The normalized spacial score (nSPS) is 10.8. The summed E-state index contributed by atoms with van der Waals surface area (Å²) in [6.45, 7) is 0.441. The molecule has 0 fully saturated rings. The fraction of sp³-hybridized carbons (Fsp3) is 0.143. The van der Waals surface area contributed by atoms with Crippen LogP contribution in [0.15, 0.2) is 48.9 Å². The molecule has 0 aliphatic carbocycles. The molecule has 0 aliphatic heterocycles. The van der Waals surface area contributed by atoms with E-state index in [0.717, 1.165) is 28.1 Å². The number of ether oxygens (including phenoxy) is 1. The van der Waals surface area contributed by atoms with Crippen LogP contribution in [0.1, 0.15) is 11.4 Å². The molecule has 0 amide bonds. The Kier molecular flexibility index (Phi) is 3.46. The van der Waals surface area contributed by atoms with Crippen molar-refractivity contribution < 1.29 is 4.74 Å². The Morgan fingerprint density at radius 1 is 1.16 bits per heavy atom. The Labute approximate surface area is 119 Å². The van der Waals surface area contributed by atoms with Crippen molar-refractivity contribution in [2.24, 2.45) is 0 Å². The number of pyridine rings is 2. The molecule has 19 heavy (non-hydrogen) atoms. The van der Waals surface area contributed by atoms with Gasteiger partial charge in [-0.15, -0.1) is 0 Å². The van der Waals surface area contributed by atoms with Crippen LogP contribution in [0.4, 0.5) is 0 Å². The maximum absolute atomic E-state index is 5.67. The summed E-state index contributed by atoms with van der Waals surface area (Å²) in [5, 5.41) is 0.750. The zero-order valence-electron chi connectivity index (χ0n) is 10.2. The van der Waals surface area contributed by atoms with Crippen LogP contribution in [0.3, 0.4) is 0 Å². The van der Waals surface area contributed by atoms with E-state index in [-0.39, 0.29) is 0 Å².